The predicted octanol–water partition coefficient (Wildman–Crippen LogP) is 0.724. The van der Waals surface area contributed by atoms with E-state index in [2.05, 4.69) is 9.97 Å². The van der Waals surface area contributed by atoms with Crippen molar-refractivity contribution in [3.8, 4) is 0 Å². The summed E-state index contributed by atoms with van der Waals surface area (Å²) in [6.07, 6.45) is 3.99. The zero-order valence-electron chi connectivity index (χ0n) is 6.53. The van der Waals surface area contributed by atoms with Crippen LogP contribution in [0.4, 0.5) is 0 Å². The topological polar surface area (TPSA) is 64.9 Å². The summed E-state index contributed by atoms with van der Waals surface area (Å²) in [5, 5.41) is 0. The summed E-state index contributed by atoms with van der Waals surface area (Å²) in [5.74, 6) is 0. The molecular formula is C8H9N3O. The molecule has 2 rings (SSSR count). The number of pyridine rings is 1. The SMILES string of the molecule is NCCc1cnc2ocnc2c1. The number of hydrogen-bond acceptors (Lipinski definition) is 4. The number of nitrogens with zero attached hydrogens (tertiary/aromatic N) is 2. The standard InChI is InChI=1S/C8H9N3O/c9-2-1-6-3-7-8(10-4-6)12-5-11-7/h3-5H,1-2,9H2. The molecule has 12 heavy (non-hydrogen) atoms. The van der Waals surface area contributed by atoms with Crippen molar-refractivity contribution in [1.29, 1.82) is 0 Å². The molecule has 0 radical (unpaired) electrons. The average molecular weight is 163 g/mol. The van der Waals surface area contributed by atoms with Gasteiger partial charge in [0.05, 0.1) is 0 Å². The van der Waals surface area contributed by atoms with Crippen molar-refractivity contribution in [1.82, 2.24) is 9.97 Å². The van der Waals surface area contributed by atoms with Crippen molar-refractivity contribution < 1.29 is 4.42 Å². The second-order valence-electron chi connectivity index (χ2n) is 2.56. The lowest BCUT2D eigenvalue weighted by molar-refractivity contribution is 0.590. The molecule has 0 amide bonds. The van der Waals surface area contributed by atoms with Gasteiger partial charge in [0, 0.05) is 6.20 Å². The first-order chi connectivity index (χ1) is 5.90. The lowest BCUT2D eigenvalue weighted by atomic mass is 10.2. The molecule has 0 atom stereocenters. The molecule has 0 fully saturated rings. The molecule has 0 saturated carbocycles. The van der Waals surface area contributed by atoms with Crippen molar-refractivity contribution in [2.24, 2.45) is 5.73 Å². The van der Waals surface area contributed by atoms with E-state index in [-0.39, 0.29) is 0 Å². The first kappa shape index (κ1) is 7.24. The fourth-order valence-corrected chi connectivity index (χ4v) is 1.10. The Hall–Kier alpha value is -1.42. The quantitative estimate of drug-likeness (QED) is 0.708. The summed E-state index contributed by atoms with van der Waals surface area (Å²) in [7, 11) is 0. The molecule has 0 bridgehead atoms. The molecule has 0 unspecified atom stereocenters. The first-order valence-electron chi connectivity index (χ1n) is 3.78. The number of oxazole rings is 1. The zero-order valence-corrected chi connectivity index (χ0v) is 6.53. The van der Waals surface area contributed by atoms with Crippen LogP contribution in [0.25, 0.3) is 11.2 Å². The van der Waals surface area contributed by atoms with Crippen LogP contribution >= 0.6 is 0 Å². The minimum Gasteiger partial charge on any atom is -0.425 e. The Morgan fingerprint density at radius 2 is 2.33 bits per heavy atom. The summed E-state index contributed by atoms with van der Waals surface area (Å²) < 4.78 is 5.00. The van der Waals surface area contributed by atoms with Gasteiger partial charge in [-0.15, -0.1) is 0 Å². The van der Waals surface area contributed by atoms with E-state index in [1.807, 2.05) is 6.07 Å². The van der Waals surface area contributed by atoms with Gasteiger partial charge in [-0.1, -0.05) is 0 Å². The maximum absolute atomic E-state index is 5.41. The van der Waals surface area contributed by atoms with E-state index in [9.17, 15) is 0 Å². The number of fused-ring (bicyclic) bond motifs is 1. The van der Waals surface area contributed by atoms with E-state index in [1.165, 1.54) is 6.39 Å². The van der Waals surface area contributed by atoms with Gasteiger partial charge in [0.25, 0.3) is 0 Å². The Balaban J connectivity index is 2.46. The van der Waals surface area contributed by atoms with E-state index in [0.717, 1.165) is 17.5 Å². The molecule has 62 valence electrons. The maximum Gasteiger partial charge on any atom is 0.246 e. The van der Waals surface area contributed by atoms with Gasteiger partial charge in [0.1, 0.15) is 5.52 Å². The van der Waals surface area contributed by atoms with Crippen LogP contribution < -0.4 is 5.73 Å². The predicted molar refractivity (Wildman–Crippen MR) is 44.6 cm³/mol. The third kappa shape index (κ3) is 1.16. The second-order valence-corrected chi connectivity index (χ2v) is 2.56. The van der Waals surface area contributed by atoms with Crippen molar-refractivity contribution in [3.05, 3.63) is 24.2 Å². The highest BCUT2D eigenvalue weighted by Gasteiger charge is 1.99. The van der Waals surface area contributed by atoms with Crippen LogP contribution in [0.3, 0.4) is 0 Å². The van der Waals surface area contributed by atoms with Crippen LogP contribution in [-0.2, 0) is 6.42 Å². The lowest BCUT2D eigenvalue weighted by Crippen LogP contribution is -2.02. The van der Waals surface area contributed by atoms with Gasteiger partial charge in [0.15, 0.2) is 6.39 Å². The highest BCUT2D eigenvalue weighted by molar-refractivity contribution is 5.67. The van der Waals surface area contributed by atoms with Crippen LogP contribution in [0.5, 0.6) is 0 Å². The van der Waals surface area contributed by atoms with Crippen LogP contribution in [0.15, 0.2) is 23.1 Å². The minimum atomic E-state index is 0.579. The Kier molecular flexibility index (Phi) is 1.75. The molecule has 0 aliphatic carbocycles. The van der Waals surface area contributed by atoms with E-state index in [1.54, 1.807) is 6.20 Å². The summed E-state index contributed by atoms with van der Waals surface area (Å²) in [6.45, 7) is 0.630. The lowest BCUT2D eigenvalue weighted by Gasteiger charge is -1.94. The third-order valence-electron chi connectivity index (χ3n) is 1.68. The smallest absolute Gasteiger partial charge is 0.246 e. The molecule has 4 heteroatoms. The summed E-state index contributed by atoms with van der Waals surface area (Å²) >= 11 is 0. The number of nitrogens with two attached hydrogens (primary N) is 1. The van der Waals surface area contributed by atoms with Crippen LogP contribution in [0, 0.1) is 0 Å². The van der Waals surface area contributed by atoms with E-state index >= 15 is 0 Å². The van der Waals surface area contributed by atoms with Crippen LogP contribution in [0.1, 0.15) is 5.56 Å². The van der Waals surface area contributed by atoms with Crippen molar-refractivity contribution >= 4 is 11.2 Å². The Morgan fingerprint density at radius 1 is 1.42 bits per heavy atom. The van der Waals surface area contributed by atoms with Crippen molar-refractivity contribution in [2.45, 2.75) is 6.42 Å². The molecule has 2 heterocycles. The average Bonchev–Trinajstić information content (AvgIpc) is 2.51. The van der Waals surface area contributed by atoms with Gasteiger partial charge in [-0.25, -0.2) is 9.97 Å². The number of rotatable bonds is 2. The van der Waals surface area contributed by atoms with E-state index < -0.39 is 0 Å². The molecular weight excluding hydrogens is 154 g/mol. The molecule has 0 saturated heterocycles. The molecule has 2 aromatic rings. The van der Waals surface area contributed by atoms with Crippen LogP contribution in [-0.4, -0.2) is 16.5 Å². The summed E-state index contributed by atoms with van der Waals surface area (Å²) in [6, 6.07) is 1.94. The normalized spacial score (nSPS) is 10.8. The summed E-state index contributed by atoms with van der Waals surface area (Å²) in [5.41, 5.74) is 7.88. The fourth-order valence-electron chi connectivity index (χ4n) is 1.10. The van der Waals surface area contributed by atoms with Gasteiger partial charge in [-0.3, -0.25) is 0 Å². The highest BCUT2D eigenvalue weighted by atomic mass is 16.3. The van der Waals surface area contributed by atoms with Gasteiger partial charge < -0.3 is 10.2 Å². The Labute approximate surface area is 69.4 Å². The second kappa shape index (κ2) is 2.91. The largest absolute Gasteiger partial charge is 0.425 e. The molecule has 0 aromatic carbocycles. The van der Waals surface area contributed by atoms with E-state index in [4.69, 9.17) is 10.2 Å². The van der Waals surface area contributed by atoms with E-state index in [0.29, 0.717) is 12.3 Å². The van der Waals surface area contributed by atoms with Crippen molar-refractivity contribution in [3.63, 3.8) is 0 Å². The Morgan fingerprint density at radius 3 is 3.17 bits per heavy atom. The molecule has 2 N–H and O–H groups in total. The highest BCUT2D eigenvalue weighted by Crippen LogP contribution is 2.10. The number of aromatic nitrogens is 2. The van der Waals surface area contributed by atoms with Gasteiger partial charge in [-0.05, 0) is 24.6 Å². The first-order valence-corrected chi connectivity index (χ1v) is 3.78. The zero-order chi connectivity index (χ0) is 8.39. The summed E-state index contributed by atoms with van der Waals surface area (Å²) in [4.78, 5) is 8.07. The fraction of sp³-hybridized carbons (Fsp3) is 0.250. The van der Waals surface area contributed by atoms with Gasteiger partial charge in [-0.2, -0.15) is 0 Å². The Bertz CT molecular complexity index is 382. The molecule has 0 aliphatic rings. The number of hydrogen-bond donors (Lipinski definition) is 1. The van der Waals surface area contributed by atoms with Gasteiger partial charge in [0.2, 0.25) is 5.71 Å². The molecule has 0 spiro atoms. The van der Waals surface area contributed by atoms with Gasteiger partial charge >= 0.3 is 0 Å². The van der Waals surface area contributed by atoms with Crippen molar-refractivity contribution in [2.75, 3.05) is 6.54 Å². The third-order valence-corrected chi connectivity index (χ3v) is 1.68. The maximum atomic E-state index is 5.41. The van der Waals surface area contributed by atoms with Crippen LogP contribution in [0.2, 0.25) is 0 Å². The monoisotopic (exact) mass is 163 g/mol. The molecule has 4 nitrogen and oxygen atoms in total. The molecule has 2 aromatic heterocycles. The molecule has 0 aliphatic heterocycles. The minimum absolute atomic E-state index is 0.579.